The van der Waals surface area contributed by atoms with Gasteiger partial charge in [-0.1, -0.05) is 13.8 Å². The van der Waals surface area contributed by atoms with Crippen molar-refractivity contribution in [1.82, 2.24) is 9.69 Å². The Bertz CT molecular complexity index is 284. The number of hydrogen-bond acceptors (Lipinski definition) is 4. The first-order valence-electron chi connectivity index (χ1n) is 5.47. The van der Waals surface area contributed by atoms with Crippen molar-refractivity contribution in [2.24, 2.45) is 0 Å². The minimum absolute atomic E-state index is 0.358. The van der Waals surface area contributed by atoms with Gasteiger partial charge in [-0.15, -0.1) is 0 Å². The van der Waals surface area contributed by atoms with E-state index in [9.17, 15) is 0 Å². The van der Waals surface area contributed by atoms with Crippen LogP contribution in [0.25, 0.3) is 0 Å². The van der Waals surface area contributed by atoms with Crippen LogP contribution < -0.4 is 10.1 Å². The van der Waals surface area contributed by atoms with Crippen LogP contribution in [0.4, 0.5) is 0 Å². The Kier molecular flexibility index (Phi) is 5.05. The van der Waals surface area contributed by atoms with E-state index in [-0.39, 0.29) is 0 Å². The van der Waals surface area contributed by atoms with E-state index < -0.39 is 0 Å². The van der Waals surface area contributed by atoms with E-state index in [1.165, 1.54) is 16.4 Å². The predicted octanol–water partition coefficient (Wildman–Crippen LogP) is 2.99. The molecule has 0 spiro atoms. The molecule has 0 amide bonds. The van der Waals surface area contributed by atoms with Gasteiger partial charge in [-0.3, -0.25) is 0 Å². The predicted molar refractivity (Wildman–Crippen MR) is 64.6 cm³/mol. The Morgan fingerprint density at radius 3 is 2.60 bits per heavy atom. The van der Waals surface area contributed by atoms with E-state index in [4.69, 9.17) is 4.74 Å². The first-order chi connectivity index (χ1) is 7.21. The van der Waals surface area contributed by atoms with Gasteiger partial charge in [-0.25, -0.2) is 0 Å². The molecule has 0 saturated carbocycles. The number of ether oxygens (including phenoxy) is 1. The summed E-state index contributed by atoms with van der Waals surface area (Å²) in [4.78, 5) is 1.23. The van der Waals surface area contributed by atoms with Gasteiger partial charge in [0.2, 0.25) is 5.88 Å². The maximum absolute atomic E-state index is 5.07. The van der Waals surface area contributed by atoms with E-state index in [0.717, 1.165) is 12.8 Å². The molecule has 1 unspecified atom stereocenters. The van der Waals surface area contributed by atoms with E-state index in [1.54, 1.807) is 7.11 Å². The van der Waals surface area contributed by atoms with E-state index in [0.29, 0.717) is 18.0 Å². The fourth-order valence-electron chi connectivity index (χ4n) is 1.53. The summed E-state index contributed by atoms with van der Waals surface area (Å²) in [5.41, 5.74) is 0. The van der Waals surface area contributed by atoms with Crippen molar-refractivity contribution in [3.63, 3.8) is 0 Å². The molecule has 0 aliphatic heterocycles. The van der Waals surface area contributed by atoms with E-state index >= 15 is 0 Å². The molecule has 1 atom stereocenters. The third kappa shape index (κ3) is 3.47. The molecule has 0 aliphatic carbocycles. The SMILES string of the molecule is CCC(CC)NC(C)c1cc(OC)ns1. The van der Waals surface area contributed by atoms with Crippen LogP contribution in [-0.2, 0) is 0 Å². The molecule has 86 valence electrons. The molecule has 1 N–H and O–H groups in total. The zero-order valence-electron chi connectivity index (χ0n) is 9.91. The topological polar surface area (TPSA) is 34.1 Å². The number of methoxy groups -OCH3 is 1. The minimum Gasteiger partial charge on any atom is -0.480 e. The zero-order chi connectivity index (χ0) is 11.3. The van der Waals surface area contributed by atoms with Crippen LogP contribution in [0.1, 0.15) is 44.5 Å². The van der Waals surface area contributed by atoms with E-state index in [1.807, 2.05) is 6.07 Å². The Balaban J connectivity index is 2.55. The molecule has 1 aromatic rings. The molecule has 0 saturated heterocycles. The molecule has 4 heteroatoms. The molecule has 3 nitrogen and oxygen atoms in total. The highest BCUT2D eigenvalue weighted by Gasteiger charge is 2.13. The van der Waals surface area contributed by atoms with Gasteiger partial charge in [0.25, 0.3) is 0 Å². The third-order valence-corrected chi connectivity index (χ3v) is 3.57. The Morgan fingerprint density at radius 2 is 2.13 bits per heavy atom. The molecule has 0 fully saturated rings. The fraction of sp³-hybridized carbons (Fsp3) is 0.727. The van der Waals surface area contributed by atoms with Crippen molar-refractivity contribution in [1.29, 1.82) is 0 Å². The first kappa shape index (κ1) is 12.5. The number of nitrogens with one attached hydrogen (secondary N) is 1. The van der Waals surface area contributed by atoms with Crippen LogP contribution in [0.5, 0.6) is 5.88 Å². The molecule has 15 heavy (non-hydrogen) atoms. The van der Waals surface area contributed by atoms with Crippen molar-refractivity contribution < 1.29 is 4.74 Å². The standard InChI is InChI=1S/C11H20N2OS/c1-5-9(6-2)12-8(3)10-7-11(14-4)13-15-10/h7-9,12H,5-6H2,1-4H3. The lowest BCUT2D eigenvalue weighted by Crippen LogP contribution is -2.29. The summed E-state index contributed by atoms with van der Waals surface area (Å²) in [6.45, 7) is 6.59. The van der Waals surface area contributed by atoms with Crippen molar-refractivity contribution in [3.8, 4) is 5.88 Å². The monoisotopic (exact) mass is 228 g/mol. The summed E-state index contributed by atoms with van der Waals surface area (Å²) < 4.78 is 9.27. The molecule has 0 radical (unpaired) electrons. The third-order valence-electron chi connectivity index (χ3n) is 2.61. The first-order valence-corrected chi connectivity index (χ1v) is 6.25. The minimum atomic E-state index is 0.358. The van der Waals surface area contributed by atoms with Gasteiger partial charge in [-0.05, 0) is 31.3 Å². The second-order valence-electron chi connectivity index (χ2n) is 3.67. The molecular weight excluding hydrogens is 208 g/mol. The zero-order valence-corrected chi connectivity index (χ0v) is 10.7. The number of nitrogens with zero attached hydrogens (tertiary/aromatic N) is 1. The van der Waals surface area contributed by atoms with Gasteiger partial charge in [-0.2, -0.15) is 4.37 Å². The maximum atomic E-state index is 5.07. The van der Waals surface area contributed by atoms with Crippen molar-refractivity contribution in [3.05, 3.63) is 10.9 Å². The summed E-state index contributed by atoms with van der Waals surface area (Å²) in [5.74, 6) is 0.716. The average Bonchev–Trinajstić information content (AvgIpc) is 2.74. The Labute approximate surface area is 96.0 Å². The second kappa shape index (κ2) is 6.08. The van der Waals surface area contributed by atoms with Crippen LogP contribution in [0, 0.1) is 0 Å². The summed E-state index contributed by atoms with van der Waals surface area (Å²) in [6.07, 6.45) is 2.33. The van der Waals surface area contributed by atoms with Crippen molar-refractivity contribution in [2.45, 2.75) is 45.7 Å². The summed E-state index contributed by atoms with van der Waals surface area (Å²) in [7, 11) is 1.65. The smallest absolute Gasteiger partial charge is 0.225 e. The largest absolute Gasteiger partial charge is 0.480 e. The van der Waals surface area contributed by atoms with Crippen LogP contribution in [0.15, 0.2) is 6.07 Å². The van der Waals surface area contributed by atoms with Crippen LogP contribution in [0.3, 0.4) is 0 Å². The molecule has 1 rings (SSSR count). The van der Waals surface area contributed by atoms with Crippen LogP contribution in [0.2, 0.25) is 0 Å². The second-order valence-corrected chi connectivity index (χ2v) is 4.51. The van der Waals surface area contributed by atoms with E-state index in [2.05, 4.69) is 30.5 Å². The van der Waals surface area contributed by atoms with Gasteiger partial charge in [0.05, 0.1) is 7.11 Å². The van der Waals surface area contributed by atoms with Crippen LogP contribution >= 0.6 is 11.5 Å². The van der Waals surface area contributed by atoms with Gasteiger partial charge in [0.1, 0.15) is 0 Å². The normalized spacial score (nSPS) is 13.1. The van der Waals surface area contributed by atoms with Crippen molar-refractivity contribution >= 4 is 11.5 Å². The highest BCUT2D eigenvalue weighted by molar-refractivity contribution is 7.06. The number of aromatic nitrogens is 1. The quantitative estimate of drug-likeness (QED) is 0.812. The lowest BCUT2D eigenvalue weighted by molar-refractivity contribution is 0.401. The average molecular weight is 228 g/mol. The number of rotatable bonds is 6. The lowest BCUT2D eigenvalue weighted by atomic mass is 10.1. The Morgan fingerprint density at radius 1 is 1.47 bits per heavy atom. The highest BCUT2D eigenvalue weighted by atomic mass is 32.1. The lowest BCUT2D eigenvalue weighted by Gasteiger charge is -2.19. The fourth-order valence-corrected chi connectivity index (χ4v) is 2.23. The van der Waals surface area contributed by atoms with Gasteiger partial charge < -0.3 is 10.1 Å². The van der Waals surface area contributed by atoms with Gasteiger partial charge in [0.15, 0.2) is 0 Å². The summed E-state index contributed by atoms with van der Waals surface area (Å²) >= 11 is 1.51. The van der Waals surface area contributed by atoms with Gasteiger partial charge in [0, 0.05) is 23.0 Å². The molecule has 1 aromatic heterocycles. The Hall–Kier alpha value is -0.610. The molecule has 0 bridgehead atoms. The van der Waals surface area contributed by atoms with Crippen molar-refractivity contribution in [2.75, 3.05) is 7.11 Å². The molecule has 0 aliphatic rings. The van der Waals surface area contributed by atoms with Crippen LogP contribution in [-0.4, -0.2) is 17.5 Å². The molecule has 0 aromatic carbocycles. The highest BCUT2D eigenvalue weighted by Crippen LogP contribution is 2.23. The number of hydrogen-bond donors (Lipinski definition) is 1. The molecular formula is C11H20N2OS. The maximum Gasteiger partial charge on any atom is 0.225 e. The summed E-state index contributed by atoms with van der Waals surface area (Å²) in [6, 6.07) is 2.95. The van der Waals surface area contributed by atoms with Gasteiger partial charge >= 0.3 is 0 Å². The molecule has 1 heterocycles. The summed E-state index contributed by atoms with van der Waals surface area (Å²) in [5, 5.41) is 3.58.